The molecular formula is C18H21FN2O. The van der Waals surface area contributed by atoms with Gasteiger partial charge < -0.3 is 10.2 Å². The van der Waals surface area contributed by atoms with Crippen LogP contribution in [0.25, 0.3) is 0 Å². The summed E-state index contributed by atoms with van der Waals surface area (Å²) in [6, 6.07) is 15.9. The maximum Gasteiger partial charge on any atom is 0.318 e. The summed E-state index contributed by atoms with van der Waals surface area (Å²) in [6.45, 7) is 4.81. The summed E-state index contributed by atoms with van der Waals surface area (Å²) in [7, 11) is 0. The van der Waals surface area contributed by atoms with Crippen molar-refractivity contribution in [2.45, 2.75) is 26.4 Å². The van der Waals surface area contributed by atoms with Crippen LogP contribution < -0.4 is 5.32 Å². The van der Waals surface area contributed by atoms with E-state index in [1.54, 1.807) is 11.0 Å². The predicted octanol–water partition coefficient (Wildman–Crippen LogP) is 4.12. The number of carbonyl (C=O) groups excluding carboxylic acids is 1. The number of rotatable bonds is 5. The van der Waals surface area contributed by atoms with Gasteiger partial charge in [0.2, 0.25) is 0 Å². The number of nitrogens with one attached hydrogen (secondary N) is 1. The third-order valence-corrected chi connectivity index (χ3v) is 3.57. The minimum Gasteiger partial charge on any atom is -0.331 e. The molecule has 0 heterocycles. The van der Waals surface area contributed by atoms with Crippen LogP contribution in [0, 0.1) is 5.82 Å². The number of urea groups is 1. The highest BCUT2D eigenvalue weighted by Gasteiger charge is 2.15. The average Bonchev–Trinajstić information content (AvgIpc) is 2.53. The van der Waals surface area contributed by atoms with Crippen molar-refractivity contribution in [3.8, 4) is 0 Å². The SMILES string of the molecule is CCN(Cc1cccc(F)c1)C(=O)NC(C)c1ccccc1. The van der Waals surface area contributed by atoms with Gasteiger partial charge in [-0.3, -0.25) is 0 Å². The lowest BCUT2D eigenvalue weighted by Gasteiger charge is -2.24. The van der Waals surface area contributed by atoms with Crippen LogP contribution in [0.15, 0.2) is 54.6 Å². The molecule has 0 aliphatic rings. The Hall–Kier alpha value is -2.36. The van der Waals surface area contributed by atoms with Crippen LogP contribution in [-0.2, 0) is 6.54 Å². The van der Waals surface area contributed by atoms with Crippen LogP contribution in [0.2, 0.25) is 0 Å². The van der Waals surface area contributed by atoms with E-state index >= 15 is 0 Å². The molecule has 0 bridgehead atoms. The molecule has 0 aromatic heterocycles. The van der Waals surface area contributed by atoms with Crippen LogP contribution >= 0.6 is 0 Å². The Morgan fingerprint density at radius 3 is 2.55 bits per heavy atom. The fourth-order valence-electron chi connectivity index (χ4n) is 2.28. The standard InChI is InChI=1S/C18H21FN2O/c1-3-21(13-15-8-7-11-17(19)12-15)18(22)20-14(2)16-9-5-4-6-10-16/h4-12,14H,3,13H2,1-2H3,(H,20,22). The quantitative estimate of drug-likeness (QED) is 0.885. The molecule has 22 heavy (non-hydrogen) atoms. The van der Waals surface area contributed by atoms with Crippen LogP contribution in [-0.4, -0.2) is 17.5 Å². The van der Waals surface area contributed by atoms with Gasteiger partial charge >= 0.3 is 6.03 Å². The van der Waals surface area contributed by atoms with Crippen molar-refractivity contribution in [2.75, 3.05) is 6.54 Å². The first-order valence-corrected chi connectivity index (χ1v) is 7.45. The topological polar surface area (TPSA) is 32.3 Å². The zero-order valence-corrected chi connectivity index (χ0v) is 12.9. The highest BCUT2D eigenvalue weighted by molar-refractivity contribution is 5.74. The van der Waals surface area contributed by atoms with Gasteiger partial charge in [-0.1, -0.05) is 42.5 Å². The molecule has 0 aliphatic heterocycles. The highest BCUT2D eigenvalue weighted by atomic mass is 19.1. The number of benzene rings is 2. The van der Waals surface area contributed by atoms with Crippen molar-refractivity contribution in [2.24, 2.45) is 0 Å². The molecule has 1 atom stereocenters. The molecule has 0 spiro atoms. The molecular weight excluding hydrogens is 279 g/mol. The normalized spacial score (nSPS) is 11.8. The number of nitrogens with zero attached hydrogens (tertiary/aromatic N) is 1. The molecule has 4 heteroatoms. The van der Waals surface area contributed by atoms with Gasteiger partial charge in [-0.15, -0.1) is 0 Å². The molecule has 116 valence electrons. The Bertz CT molecular complexity index is 615. The van der Waals surface area contributed by atoms with Crippen LogP contribution in [0.5, 0.6) is 0 Å². The van der Waals surface area contributed by atoms with E-state index in [0.717, 1.165) is 11.1 Å². The monoisotopic (exact) mass is 300 g/mol. The molecule has 2 aromatic carbocycles. The maximum absolute atomic E-state index is 13.2. The second kappa shape index (κ2) is 7.59. The van der Waals surface area contributed by atoms with Gasteiger partial charge in [-0.25, -0.2) is 9.18 Å². The van der Waals surface area contributed by atoms with Gasteiger partial charge in [0, 0.05) is 13.1 Å². The second-order valence-electron chi connectivity index (χ2n) is 5.23. The summed E-state index contributed by atoms with van der Waals surface area (Å²) in [6.07, 6.45) is 0. The largest absolute Gasteiger partial charge is 0.331 e. The number of hydrogen-bond donors (Lipinski definition) is 1. The van der Waals surface area contributed by atoms with Crippen molar-refractivity contribution in [3.63, 3.8) is 0 Å². The molecule has 2 amide bonds. The summed E-state index contributed by atoms with van der Waals surface area (Å²) < 4.78 is 13.2. The lowest BCUT2D eigenvalue weighted by Crippen LogP contribution is -2.40. The molecule has 1 N–H and O–H groups in total. The molecule has 0 radical (unpaired) electrons. The van der Waals surface area contributed by atoms with Gasteiger partial charge in [-0.05, 0) is 37.1 Å². The fraction of sp³-hybridized carbons (Fsp3) is 0.278. The maximum atomic E-state index is 13.2. The summed E-state index contributed by atoms with van der Waals surface area (Å²) >= 11 is 0. The van der Waals surface area contributed by atoms with Gasteiger partial charge in [0.1, 0.15) is 5.82 Å². The van der Waals surface area contributed by atoms with Crippen molar-refractivity contribution in [3.05, 3.63) is 71.5 Å². The zero-order valence-electron chi connectivity index (χ0n) is 12.9. The number of amides is 2. The van der Waals surface area contributed by atoms with Crippen molar-refractivity contribution >= 4 is 6.03 Å². The third kappa shape index (κ3) is 4.32. The zero-order chi connectivity index (χ0) is 15.9. The first-order chi connectivity index (χ1) is 10.6. The lowest BCUT2D eigenvalue weighted by molar-refractivity contribution is 0.194. The Balaban J connectivity index is 2.00. The molecule has 1 unspecified atom stereocenters. The Morgan fingerprint density at radius 2 is 1.91 bits per heavy atom. The van der Waals surface area contributed by atoms with Gasteiger partial charge in [0.05, 0.1) is 6.04 Å². The Labute approximate surface area is 130 Å². The van der Waals surface area contributed by atoms with E-state index in [4.69, 9.17) is 0 Å². The second-order valence-corrected chi connectivity index (χ2v) is 5.23. The van der Waals surface area contributed by atoms with Crippen LogP contribution in [0.1, 0.15) is 31.0 Å². The minimum atomic E-state index is -0.286. The number of halogens is 1. The van der Waals surface area contributed by atoms with E-state index in [-0.39, 0.29) is 17.9 Å². The average molecular weight is 300 g/mol. The van der Waals surface area contributed by atoms with E-state index < -0.39 is 0 Å². The molecule has 0 aliphatic carbocycles. The summed E-state index contributed by atoms with van der Waals surface area (Å²) in [5.41, 5.74) is 1.84. The summed E-state index contributed by atoms with van der Waals surface area (Å²) in [5, 5.41) is 2.98. The molecule has 2 rings (SSSR count). The predicted molar refractivity (Wildman–Crippen MR) is 85.9 cm³/mol. The highest BCUT2D eigenvalue weighted by Crippen LogP contribution is 2.13. The van der Waals surface area contributed by atoms with E-state index in [1.165, 1.54) is 12.1 Å². The molecule has 0 saturated heterocycles. The van der Waals surface area contributed by atoms with Crippen molar-refractivity contribution < 1.29 is 9.18 Å². The lowest BCUT2D eigenvalue weighted by atomic mass is 10.1. The number of carbonyl (C=O) groups is 1. The van der Waals surface area contributed by atoms with Gasteiger partial charge in [0.15, 0.2) is 0 Å². The Morgan fingerprint density at radius 1 is 1.18 bits per heavy atom. The fourth-order valence-corrected chi connectivity index (χ4v) is 2.28. The molecule has 0 saturated carbocycles. The molecule has 0 fully saturated rings. The van der Waals surface area contributed by atoms with Crippen molar-refractivity contribution in [1.82, 2.24) is 10.2 Å². The van der Waals surface area contributed by atoms with Gasteiger partial charge in [-0.2, -0.15) is 0 Å². The van der Waals surface area contributed by atoms with Crippen LogP contribution in [0.3, 0.4) is 0 Å². The van der Waals surface area contributed by atoms with Crippen molar-refractivity contribution in [1.29, 1.82) is 0 Å². The molecule has 2 aromatic rings. The van der Waals surface area contributed by atoms with E-state index in [9.17, 15) is 9.18 Å². The summed E-state index contributed by atoms with van der Waals surface area (Å²) in [5.74, 6) is -0.286. The van der Waals surface area contributed by atoms with Crippen LogP contribution in [0.4, 0.5) is 9.18 Å². The molecule has 3 nitrogen and oxygen atoms in total. The third-order valence-electron chi connectivity index (χ3n) is 3.57. The Kier molecular flexibility index (Phi) is 5.53. The first kappa shape index (κ1) is 16.0. The van der Waals surface area contributed by atoms with E-state index in [2.05, 4.69) is 5.32 Å². The van der Waals surface area contributed by atoms with E-state index in [0.29, 0.717) is 13.1 Å². The smallest absolute Gasteiger partial charge is 0.318 e. The van der Waals surface area contributed by atoms with Gasteiger partial charge in [0.25, 0.3) is 0 Å². The van der Waals surface area contributed by atoms with E-state index in [1.807, 2.05) is 50.2 Å². The summed E-state index contributed by atoms with van der Waals surface area (Å²) in [4.78, 5) is 14.0. The minimum absolute atomic E-state index is 0.0738. The first-order valence-electron chi connectivity index (χ1n) is 7.45. The number of hydrogen-bond acceptors (Lipinski definition) is 1.